The maximum absolute atomic E-state index is 11.6. The number of benzene rings is 1. The van der Waals surface area contributed by atoms with Gasteiger partial charge in [0.1, 0.15) is 0 Å². The third-order valence-corrected chi connectivity index (χ3v) is 3.72. The first-order valence-electron chi connectivity index (χ1n) is 6.16. The van der Waals surface area contributed by atoms with Crippen LogP contribution in [-0.4, -0.2) is 30.6 Å². The number of halogens is 2. The number of rotatable bonds is 5. The van der Waals surface area contributed by atoms with Gasteiger partial charge in [0, 0.05) is 28.6 Å². The Bertz CT molecular complexity index is 464. The van der Waals surface area contributed by atoms with Crippen molar-refractivity contribution in [3.63, 3.8) is 0 Å². The van der Waals surface area contributed by atoms with E-state index in [9.17, 15) is 9.90 Å². The van der Waals surface area contributed by atoms with Gasteiger partial charge in [-0.25, -0.2) is 0 Å². The molecule has 19 heavy (non-hydrogen) atoms. The van der Waals surface area contributed by atoms with Crippen molar-refractivity contribution < 1.29 is 9.90 Å². The minimum atomic E-state index is -0.826. The first-order valence-corrected chi connectivity index (χ1v) is 6.92. The number of carbonyl (C=O) groups excluding carboxylic acids is 1. The smallest absolute Gasteiger partial charge is 0.220 e. The van der Waals surface area contributed by atoms with Crippen LogP contribution in [0.1, 0.15) is 18.1 Å². The average Bonchev–Trinajstić information content (AvgIpc) is 2.31. The molecule has 4 nitrogen and oxygen atoms in total. The molecule has 1 aliphatic rings. The van der Waals surface area contributed by atoms with Gasteiger partial charge in [-0.2, -0.15) is 0 Å². The van der Waals surface area contributed by atoms with Gasteiger partial charge in [-0.1, -0.05) is 29.3 Å². The van der Waals surface area contributed by atoms with E-state index in [-0.39, 0.29) is 12.5 Å². The van der Waals surface area contributed by atoms with Crippen LogP contribution in [0.25, 0.3) is 0 Å². The molecule has 1 aliphatic heterocycles. The fourth-order valence-electron chi connectivity index (χ4n) is 1.92. The fourth-order valence-corrected chi connectivity index (χ4v) is 2.45. The summed E-state index contributed by atoms with van der Waals surface area (Å²) in [5.41, 5.74) is 0.566. The Morgan fingerprint density at radius 2 is 2.21 bits per heavy atom. The average molecular weight is 303 g/mol. The van der Waals surface area contributed by atoms with Crippen LogP contribution in [0, 0.1) is 5.92 Å². The molecule has 3 N–H and O–H groups in total. The Labute approximate surface area is 122 Å². The molecule has 0 aliphatic carbocycles. The van der Waals surface area contributed by atoms with E-state index >= 15 is 0 Å². The molecular formula is C13H16Cl2N2O2. The second-order valence-corrected chi connectivity index (χ2v) is 5.56. The number of carbonyl (C=O) groups is 1. The second-order valence-electron chi connectivity index (χ2n) is 4.71. The Kier molecular flexibility index (Phi) is 5.05. The first-order chi connectivity index (χ1) is 9.06. The van der Waals surface area contributed by atoms with Crippen LogP contribution in [0.15, 0.2) is 18.2 Å². The summed E-state index contributed by atoms with van der Waals surface area (Å²) in [4.78, 5) is 11.6. The number of aliphatic hydroxyl groups is 1. The Morgan fingerprint density at radius 1 is 1.47 bits per heavy atom. The van der Waals surface area contributed by atoms with Crippen LogP contribution in [-0.2, 0) is 4.79 Å². The van der Waals surface area contributed by atoms with Gasteiger partial charge in [0.25, 0.3) is 0 Å². The quantitative estimate of drug-likeness (QED) is 0.776. The van der Waals surface area contributed by atoms with E-state index < -0.39 is 6.10 Å². The Hall–Kier alpha value is -0.810. The molecule has 0 bridgehead atoms. The molecule has 1 heterocycles. The van der Waals surface area contributed by atoms with E-state index in [1.807, 2.05) is 0 Å². The Morgan fingerprint density at radius 3 is 2.79 bits per heavy atom. The van der Waals surface area contributed by atoms with Crippen LogP contribution in [0.2, 0.25) is 10.0 Å². The van der Waals surface area contributed by atoms with Crippen LogP contribution < -0.4 is 10.6 Å². The van der Waals surface area contributed by atoms with E-state index in [1.54, 1.807) is 18.2 Å². The maximum atomic E-state index is 11.6. The highest BCUT2D eigenvalue weighted by Crippen LogP contribution is 2.25. The highest BCUT2D eigenvalue weighted by molar-refractivity contribution is 6.35. The highest BCUT2D eigenvalue weighted by atomic mass is 35.5. The zero-order valence-corrected chi connectivity index (χ0v) is 11.8. The summed E-state index contributed by atoms with van der Waals surface area (Å²) in [6.45, 7) is 1.93. The topological polar surface area (TPSA) is 61.4 Å². The molecule has 1 aromatic carbocycles. The van der Waals surface area contributed by atoms with E-state index in [1.165, 1.54) is 0 Å². The second kappa shape index (κ2) is 6.57. The van der Waals surface area contributed by atoms with Gasteiger partial charge >= 0.3 is 0 Å². The SMILES string of the molecule is O=C(CC1CNC1)NCC(O)c1ccc(Cl)cc1Cl. The zero-order chi connectivity index (χ0) is 13.8. The van der Waals surface area contributed by atoms with Gasteiger partial charge in [-0.3, -0.25) is 4.79 Å². The van der Waals surface area contributed by atoms with Crippen molar-refractivity contribution in [2.75, 3.05) is 19.6 Å². The summed E-state index contributed by atoms with van der Waals surface area (Å²) >= 11 is 11.8. The van der Waals surface area contributed by atoms with Gasteiger partial charge < -0.3 is 15.7 Å². The number of nitrogens with one attached hydrogen (secondary N) is 2. The predicted molar refractivity (Wildman–Crippen MR) is 75.4 cm³/mol. The van der Waals surface area contributed by atoms with Crippen LogP contribution in [0.3, 0.4) is 0 Å². The largest absolute Gasteiger partial charge is 0.387 e. The summed E-state index contributed by atoms with van der Waals surface area (Å²) in [5, 5.41) is 16.7. The van der Waals surface area contributed by atoms with Gasteiger partial charge in [0.2, 0.25) is 5.91 Å². The molecule has 6 heteroatoms. The van der Waals surface area contributed by atoms with Crippen molar-refractivity contribution in [3.8, 4) is 0 Å². The Balaban J connectivity index is 1.82. The molecule has 0 saturated carbocycles. The molecule has 1 fully saturated rings. The van der Waals surface area contributed by atoms with E-state index in [2.05, 4.69) is 10.6 Å². The summed E-state index contributed by atoms with van der Waals surface area (Å²) in [6.07, 6.45) is -0.332. The molecular weight excluding hydrogens is 287 g/mol. The lowest BCUT2D eigenvalue weighted by Crippen LogP contribution is -2.44. The number of hydrogen-bond acceptors (Lipinski definition) is 3. The third-order valence-electron chi connectivity index (χ3n) is 3.15. The van der Waals surface area contributed by atoms with Crippen molar-refractivity contribution >= 4 is 29.1 Å². The minimum absolute atomic E-state index is 0.0457. The van der Waals surface area contributed by atoms with Crippen molar-refractivity contribution in [2.45, 2.75) is 12.5 Å². The summed E-state index contributed by atoms with van der Waals surface area (Å²) < 4.78 is 0. The van der Waals surface area contributed by atoms with Crippen molar-refractivity contribution in [3.05, 3.63) is 33.8 Å². The summed E-state index contributed by atoms with van der Waals surface area (Å²) in [5.74, 6) is 0.367. The van der Waals surface area contributed by atoms with Gasteiger partial charge in [-0.15, -0.1) is 0 Å². The van der Waals surface area contributed by atoms with Gasteiger partial charge in [0.05, 0.1) is 6.10 Å². The standard InChI is InChI=1S/C13H16Cl2N2O2/c14-9-1-2-10(11(15)4-9)12(18)7-17-13(19)3-8-5-16-6-8/h1-2,4,8,12,16,18H,3,5-7H2,(H,17,19). The molecule has 1 unspecified atom stereocenters. The molecule has 0 aromatic heterocycles. The van der Waals surface area contributed by atoms with Crippen molar-refractivity contribution in [1.82, 2.24) is 10.6 Å². The molecule has 1 saturated heterocycles. The van der Waals surface area contributed by atoms with Crippen molar-refractivity contribution in [2.24, 2.45) is 5.92 Å². The van der Waals surface area contributed by atoms with E-state index in [0.29, 0.717) is 27.9 Å². The van der Waals surface area contributed by atoms with E-state index in [4.69, 9.17) is 23.2 Å². The lowest BCUT2D eigenvalue weighted by atomic mass is 9.99. The number of hydrogen-bond donors (Lipinski definition) is 3. The lowest BCUT2D eigenvalue weighted by molar-refractivity contribution is -0.122. The van der Waals surface area contributed by atoms with Gasteiger partial charge in [0.15, 0.2) is 0 Å². The minimum Gasteiger partial charge on any atom is -0.387 e. The molecule has 1 atom stereocenters. The summed E-state index contributed by atoms with van der Waals surface area (Å²) in [7, 11) is 0. The molecule has 1 amide bonds. The third kappa shape index (κ3) is 4.08. The molecule has 2 rings (SSSR count). The predicted octanol–water partition coefficient (Wildman–Crippen LogP) is 1.75. The van der Waals surface area contributed by atoms with Gasteiger partial charge in [-0.05, 0) is 31.1 Å². The highest BCUT2D eigenvalue weighted by Gasteiger charge is 2.20. The number of aliphatic hydroxyl groups excluding tert-OH is 1. The fraction of sp³-hybridized carbons (Fsp3) is 0.462. The monoisotopic (exact) mass is 302 g/mol. The van der Waals surface area contributed by atoms with Crippen LogP contribution in [0.5, 0.6) is 0 Å². The summed E-state index contributed by atoms with van der Waals surface area (Å²) in [6, 6.07) is 4.90. The maximum Gasteiger partial charge on any atom is 0.220 e. The van der Waals surface area contributed by atoms with E-state index in [0.717, 1.165) is 13.1 Å². The molecule has 0 radical (unpaired) electrons. The number of amides is 1. The molecule has 0 spiro atoms. The lowest BCUT2D eigenvalue weighted by Gasteiger charge is -2.26. The van der Waals surface area contributed by atoms with Crippen LogP contribution >= 0.6 is 23.2 Å². The molecule has 104 valence electrons. The zero-order valence-electron chi connectivity index (χ0n) is 10.3. The van der Waals surface area contributed by atoms with Crippen LogP contribution in [0.4, 0.5) is 0 Å². The normalized spacial score (nSPS) is 16.8. The van der Waals surface area contributed by atoms with Crippen molar-refractivity contribution in [1.29, 1.82) is 0 Å². The first kappa shape index (κ1) is 14.6. The molecule has 1 aromatic rings.